The van der Waals surface area contributed by atoms with Crippen molar-refractivity contribution in [2.45, 2.75) is 51.7 Å². The summed E-state index contributed by atoms with van der Waals surface area (Å²) in [6.45, 7) is 10.4. The van der Waals surface area contributed by atoms with Crippen LogP contribution >= 0.6 is 0 Å². The van der Waals surface area contributed by atoms with E-state index in [-0.39, 0.29) is 10.8 Å². The van der Waals surface area contributed by atoms with Gasteiger partial charge in [-0.05, 0) is 57.3 Å². The first-order valence-electron chi connectivity index (χ1n) is 11.9. The Morgan fingerprint density at radius 3 is 1.24 bits per heavy atom. The van der Waals surface area contributed by atoms with Crippen molar-refractivity contribution in [3.63, 3.8) is 0 Å². The maximum atomic E-state index is 6.12. The number of hydrogen-bond donors (Lipinski definition) is 0. The van der Waals surface area contributed by atoms with Gasteiger partial charge < -0.3 is 9.47 Å². The average molecular weight is 451 g/mol. The molecule has 2 nitrogen and oxygen atoms in total. The van der Waals surface area contributed by atoms with Crippen LogP contribution in [-0.2, 0) is 24.0 Å². The zero-order valence-corrected chi connectivity index (χ0v) is 20.6. The minimum atomic E-state index is -0.142. The molecule has 0 aliphatic carbocycles. The molecule has 0 spiro atoms. The summed E-state index contributed by atoms with van der Waals surface area (Å²) in [5.74, 6) is 1.79. The maximum Gasteiger partial charge on any atom is 0.120 e. The third kappa shape index (κ3) is 5.34. The van der Waals surface area contributed by atoms with Crippen LogP contribution in [0.3, 0.4) is 0 Å². The molecule has 0 fully saturated rings. The van der Waals surface area contributed by atoms with Crippen molar-refractivity contribution in [3.05, 3.63) is 131 Å². The van der Waals surface area contributed by atoms with Crippen LogP contribution in [0, 0.1) is 0 Å². The third-order valence-electron chi connectivity index (χ3n) is 7.17. The first-order valence-corrected chi connectivity index (χ1v) is 11.9. The highest BCUT2D eigenvalue weighted by molar-refractivity contribution is 5.42. The van der Waals surface area contributed by atoms with E-state index < -0.39 is 0 Å². The Bertz CT molecular complexity index is 1100. The van der Waals surface area contributed by atoms with Gasteiger partial charge in [-0.3, -0.25) is 0 Å². The normalized spacial score (nSPS) is 11.8. The fraction of sp³-hybridized carbons (Fsp3) is 0.250. The van der Waals surface area contributed by atoms with Crippen LogP contribution in [0.5, 0.6) is 11.5 Å². The van der Waals surface area contributed by atoms with Gasteiger partial charge in [-0.25, -0.2) is 0 Å². The van der Waals surface area contributed by atoms with E-state index in [1.54, 1.807) is 0 Å². The molecule has 0 bridgehead atoms. The number of ether oxygens (including phenoxy) is 2. The Hall–Kier alpha value is -3.52. The second-order valence-electron chi connectivity index (χ2n) is 9.85. The molecule has 174 valence electrons. The smallest absolute Gasteiger partial charge is 0.120 e. The monoisotopic (exact) mass is 450 g/mol. The fourth-order valence-corrected chi connectivity index (χ4v) is 4.15. The minimum absolute atomic E-state index is 0.142. The van der Waals surface area contributed by atoms with Gasteiger partial charge in [0.25, 0.3) is 0 Å². The third-order valence-corrected chi connectivity index (χ3v) is 7.17. The van der Waals surface area contributed by atoms with Gasteiger partial charge in [-0.15, -0.1) is 0 Å². The quantitative estimate of drug-likeness (QED) is 0.256. The van der Waals surface area contributed by atoms with Crippen molar-refractivity contribution in [1.29, 1.82) is 0 Å². The Labute approximate surface area is 204 Å². The summed E-state index contributed by atoms with van der Waals surface area (Å²) < 4.78 is 12.2. The van der Waals surface area contributed by atoms with Gasteiger partial charge in [0.05, 0.1) is 0 Å². The summed E-state index contributed by atoms with van der Waals surface area (Å²) >= 11 is 0. The molecule has 0 aliphatic heterocycles. The second-order valence-corrected chi connectivity index (χ2v) is 9.85. The molecule has 0 unspecified atom stereocenters. The molecule has 0 N–H and O–H groups in total. The molecule has 4 rings (SSSR count). The van der Waals surface area contributed by atoms with E-state index in [2.05, 4.69) is 88.4 Å². The largest absolute Gasteiger partial charge is 0.489 e. The van der Waals surface area contributed by atoms with Crippen molar-refractivity contribution < 1.29 is 9.47 Å². The van der Waals surface area contributed by atoms with E-state index in [0.717, 1.165) is 11.5 Å². The standard InChI is InChI=1S/C32H34O2/c1-31(2,27-17-11-19-29(21-27)33-23-25-13-7-5-8-14-25)32(3,4)28-18-12-20-30(22-28)34-24-26-15-9-6-10-16-26/h5-22H,23-24H2,1-4H3. The van der Waals surface area contributed by atoms with Crippen molar-refractivity contribution in [2.75, 3.05) is 0 Å². The molecular formula is C32H34O2. The average Bonchev–Trinajstić information content (AvgIpc) is 2.88. The Balaban J connectivity index is 1.52. The second kappa shape index (κ2) is 10.2. The number of rotatable bonds is 9. The van der Waals surface area contributed by atoms with Gasteiger partial charge in [0.2, 0.25) is 0 Å². The van der Waals surface area contributed by atoms with Crippen LogP contribution in [0.2, 0.25) is 0 Å². The van der Waals surface area contributed by atoms with E-state index in [4.69, 9.17) is 9.47 Å². The van der Waals surface area contributed by atoms with E-state index in [1.807, 2.05) is 48.5 Å². The Morgan fingerprint density at radius 2 is 0.853 bits per heavy atom. The molecule has 0 amide bonds. The summed E-state index contributed by atoms with van der Waals surface area (Å²) in [6, 6.07) is 37.6. The van der Waals surface area contributed by atoms with Gasteiger partial charge in [-0.2, -0.15) is 0 Å². The lowest BCUT2D eigenvalue weighted by Gasteiger charge is -2.43. The highest BCUT2D eigenvalue weighted by Crippen LogP contribution is 2.45. The summed E-state index contributed by atoms with van der Waals surface area (Å²) in [4.78, 5) is 0. The summed E-state index contributed by atoms with van der Waals surface area (Å²) in [5, 5.41) is 0. The summed E-state index contributed by atoms with van der Waals surface area (Å²) in [7, 11) is 0. The maximum absolute atomic E-state index is 6.12. The molecule has 4 aromatic carbocycles. The molecule has 0 atom stereocenters. The van der Waals surface area contributed by atoms with Gasteiger partial charge in [0.15, 0.2) is 0 Å². The van der Waals surface area contributed by atoms with E-state index in [0.29, 0.717) is 13.2 Å². The summed E-state index contributed by atoms with van der Waals surface area (Å²) in [5.41, 5.74) is 4.55. The van der Waals surface area contributed by atoms with Crippen molar-refractivity contribution in [1.82, 2.24) is 0 Å². The highest BCUT2D eigenvalue weighted by Gasteiger charge is 2.40. The Morgan fingerprint density at radius 1 is 0.471 bits per heavy atom. The number of benzene rings is 4. The van der Waals surface area contributed by atoms with Gasteiger partial charge in [0, 0.05) is 0 Å². The molecule has 4 aromatic rings. The predicted molar refractivity (Wildman–Crippen MR) is 140 cm³/mol. The fourth-order valence-electron chi connectivity index (χ4n) is 4.15. The van der Waals surface area contributed by atoms with E-state index in [9.17, 15) is 0 Å². The van der Waals surface area contributed by atoms with Crippen molar-refractivity contribution in [3.8, 4) is 11.5 Å². The zero-order chi connectivity index (χ0) is 24.0. The van der Waals surface area contributed by atoms with Crippen LogP contribution in [0.25, 0.3) is 0 Å². The van der Waals surface area contributed by atoms with Gasteiger partial charge in [-0.1, -0.05) is 113 Å². The van der Waals surface area contributed by atoms with Gasteiger partial charge in [0.1, 0.15) is 24.7 Å². The molecule has 0 saturated heterocycles. The molecule has 0 aromatic heterocycles. The van der Waals surface area contributed by atoms with E-state index >= 15 is 0 Å². The molecule has 0 aliphatic rings. The van der Waals surface area contributed by atoms with Crippen LogP contribution in [0.1, 0.15) is 49.9 Å². The molecule has 0 radical (unpaired) electrons. The van der Waals surface area contributed by atoms with Crippen LogP contribution in [0.4, 0.5) is 0 Å². The van der Waals surface area contributed by atoms with Crippen molar-refractivity contribution >= 4 is 0 Å². The highest BCUT2D eigenvalue weighted by atomic mass is 16.5. The molecule has 34 heavy (non-hydrogen) atoms. The lowest BCUT2D eigenvalue weighted by Crippen LogP contribution is -2.40. The molecule has 0 saturated carbocycles. The van der Waals surface area contributed by atoms with Crippen molar-refractivity contribution in [2.24, 2.45) is 0 Å². The molecule has 0 heterocycles. The summed E-state index contributed by atoms with van der Waals surface area (Å²) in [6.07, 6.45) is 0. The molecular weight excluding hydrogens is 416 g/mol. The van der Waals surface area contributed by atoms with Crippen LogP contribution < -0.4 is 9.47 Å². The van der Waals surface area contributed by atoms with E-state index in [1.165, 1.54) is 22.3 Å². The molecule has 2 heteroatoms. The first kappa shape index (κ1) is 23.6. The minimum Gasteiger partial charge on any atom is -0.489 e. The lowest BCUT2D eigenvalue weighted by atomic mass is 9.61. The lowest BCUT2D eigenvalue weighted by molar-refractivity contribution is 0.286. The first-order chi connectivity index (χ1) is 16.4. The zero-order valence-electron chi connectivity index (χ0n) is 20.6. The predicted octanol–water partition coefficient (Wildman–Crippen LogP) is 8.10. The van der Waals surface area contributed by atoms with Crippen LogP contribution in [-0.4, -0.2) is 0 Å². The van der Waals surface area contributed by atoms with Gasteiger partial charge >= 0.3 is 0 Å². The topological polar surface area (TPSA) is 18.5 Å². The van der Waals surface area contributed by atoms with Crippen LogP contribution in [0.15, 0.2) is 109 Å². The Kier molecular flexibility index (Phi) is 7.07. The number of hydrogen-bond acceptors (Lipinski definition) is 2. The SMILES string of the molecule is CC(C)(c1cccc(OCc2ccccc2)c1)C(C)(C)c1cccc(OCc2ccccc2)c1.